The van der Waals surface area contributed by atoms with Gasteiger partial charge < -0.3 is 15.0 Å². The van der Waals surface area contributed by atoms with Gasteiger partial charge in [-0.15, -0.1) is 11.3 Å². The predicted octanol–water partition coefficient (Wildman–Crippen LogP) is 4.29. The monoisotopic (exact) mass is 380 g/mol. The zero-order valence-electron chi connectivity index (χ0n) is 15.0. The normalized spacial score (nSPS) is 16.7. The first-order valence-electron chi connectivity index (χ1n) is 8.96. The van der Waals surface area contributed by atoms with Crippen molar-refractivity contribution in [2.75, 3.05) is 23.4 Å². The van der Waals surface area contributed by atoms with Crippen LogP contribution < -0.4 is 15.0 Å². The number of hydrogen-bond donors (Lipinski definition) is 1. The molecule has 1 aliphatic rings. The van der Waals surface area contributed by atoms with Gasteiger partial charge in [-0.2, -0.15) is 0 Å². The molecule has 1 aromatic heterocycles. The summed E-state index contributed by atoms with van der Waals surface area (Å²) in [4.78, 5) is 26.9. The SMILES string of the molecule is CCOc1ccccc1N1CC(C(=O)Nc2ccc3sccc3c2)CC1=O. The van der Waals surface area contributed by atoms with Crippen LogP contribution in [0.5, 0.6) is 5.75 Å². The molecule has 0 aliphatic carbocycles. The van der Waals surface area contributed by atoms with Crippen molar-refractivity contribution in [3.05, 3.63) is 53.9 Å². The number of fused-ring (bicyclic) bond motifs is 1. The number of carbonyl (C=O) groups is 2. The Hall–Kier alpha value is -2.86. The highest BCUT2D eigenvalue weighted by molar-refractivity contribution is 7.17. The maximum atomic E-state index is 12.7. The van der Waals surface area contributed by atoms with E-state index in [2.05, 4.69) is 5.32 Å². The second-order valence-corrected chi connectivity index (χ2v) is 7.42. The Balaban J connectivity index is 1.49. The Kier molecular flexibility index (Phi) is 4.81. The highest BCUT2D eigenvalue weighted by atomic mass is 32.1. The van der Waals surface area contributed by atoms with E-state index in [9.17, 15) is 9.59 Å². The van der Waals surface area contributed by atoms with Crippen LogP contribution in [0.2, 0.25) is 0 Å². The number of thiophene rings is 1. The number of benzene rings is 2. The fraction of sp³-hybridized carbons (Fsp3) is 0.238. The molecule has 1 saturated heterocycles. The molecule has 5 nitrogen and oxygen atoms in total. The zero-order valence-corrected chi connectivity index (χ0v) is 15.8. The van der Waals surface area contributed by atoms with Gasteiger partial charge in [-0.05, 0) is 54.1 Å². The third-order valence-corrected chi connectivity index (χ3v) is 5.57. The molecule has 1 aliphatic heterocycles. The van der Waals surface area contributed by atoms with Gasteiger partial charge >= 0.3 is 0 Å². The third-order valence-electron chi connectivity index (χ3n) is 4.67. The van der Waals surface area contributed by atoms with Gasteiger partial charge in [0, 0.05) is 23.4 Å². The standard InChI is InChI=1S/C21H20N2O3S/c1-2-26-18-6-4-3-5-17(18)23-13-15(12-20(23)24)21(25)22-16-7-8-19-14(11-16)9-10-27-19/h3-11,15H,2,12-13H2,1H3,(H,22,25). The third kappa shape index (κ3) is 3.53. The van der Waals surface area contributed by atoms with E-state index < -0.39 is 0 Å². The van der Waals surface area contributed by atoms with Crippen molar-refractivity contribution >= 4 is 44.6 Å². The van der Waals surface area contributed by atoms with Crippen LogP contribution in [0.4, 0.5) is 11.4 Å². The van der Waals surface area contributed by atoms with Crippen molar-refractivity contribution in [3.63, 3.8) is 0 Å². The Morgan fingerprint density at radius 3 is 2.96 bits per heavy atom. The summed E-state index contributed by atoms with van der Waals surface area (Å²) in [6, 6.07) is 15.3. The van der Waals surface area contributed by atoms with E-state index in [-0.39, 0.29) is 24.2 Å². The number of amides is 2. The molecule has 1 fully saturated rings. The summed E-state index contributed by atoms with van der Waals surface area (Å²) in [6.45, 7) is 2.78. The average molecular weight is 380 g/mol. The van der Waals surface area contributed by atoms with Crippen molar-refractivity contribution in [2.45, 2.75) is 13.3 Å². The average Bonchev–Trinajstić information content (AvgIpc) is 3.28. The molecule has 2 heterocycles. The van der Waals surface area contributed by atoms with E-state index in [4.69, 9.17) is 4.74 Å². The maximum absolute atomic E-state index is 12.7. The first-order valence-corrected chi connectivity index (χ1v) is 9.84. The Bertz CT molecular complexity index is 998. The Morgan fingerprint density at radius 1 is 1.26 bits per heavy atom. The first-order chi connectivity index (χ1) is 13.2. The molecule has 138 valence electrons. The highest BCUT2D eigenvalue weighted by Gasteiger charge is 2.36. The van der Waals surface area contributed by atoms with E-state index in [0.717, 1.165) is 16.8 Å². The number of hydrogen-bond acceptors (Lipinski definition) is 4. The molecule has 1 unspecified atom stereocenters. The predicted molar refractivity (Wildman–Crippen MR) is 109 cm³/mol. The van der Waals surface area contributed by atoms with Gasteiger partial charge in [0.05, 0.1) is 18.2 Å². The van der Waals surface area contributed by atoms with Crippen molar-refractivity contribution in [2.24, 2.45) is 5.92 Å². The maximum Gasteiger partial charge on any atom is 0.229 e. The van der Waals surface area contributed by atoms with Crippen LogP contribution in [0.15, 0.2) is 53.9 Å². The fourth-order valence-electron chi connectivity index (χ4n) is 3.36. The molecule has 2 aromatic carbocycles. The highest BCUT2D eigenvalue weighted by Crippen LogP contribution is 2.33. The van der Waals surface area contributed by atoms with Crippen LogP contribution >= 0.6 is 11.3 Å². The van der Waals surface area contributed by atoms with Crippen LogP contribution in [-0.2, 0) is 9.59 Å². The molecule has 1 atom stereocenters. The molecule has 0 saturated carbocycles. The summed E-state index contributed by atoms with van der Waals surface area (Å²) in [7, 11) is 0. The summed E-state index contributed by atoms with van der Waals surface area (Å²) in [6.07, 6.45) is 0.201. The second-order valence-electron chi connectivity index (χ2n) is 6.47. The van der Waals surface area contributed by atoms with E-state index in [0.29, 0.717) is 18.9 Å². The molecule has 2 amide bonds. The summed E-state index contributed by atoms with van der Waals surface area (Å²) in [5.74, 6) is 0.0904. The minimum Gasteiger partial charge on any atom is -0.492 e. The van der Waals surface area contributed by atoms with Crippen molar-refractivity contribution in [1.82, 2.24) is 0 Å². The summed E-state index contributed by atoms with van der Waals surface area (Å²) >= 11 is 1.67. The van der Waals surface area contributed by atoms with E-state index >= 15 is 0 Å². The number of nitrogens with zero attached hydrogens (tertiary/aromatic N) is 1. The van der Waals surface area contributed by atoms with Crippen LogP contribution in [-0.4, -0.2) is 25.0 Å². The molecular weight excluding hydrogens is 360 g/mol. The Labute approximate surface area is 161 Å². The van der Waals surface area contributed by atoms with E-state index in [1.165, 1.54) is 4.70 Å². The van der Waals surface area contributed by atoms with Gasteiger partial charge in [0.1, 0.15) is 5.75 Å². The van der Waals surface area contributed by atoms with Gasteiger partial charge in [0.2, 0.25) is 11.8 Å². The van der Waals surface area contributed by atoms with Crippen LogP contribution in [0.3, 0.4) is 0 Å². The van der Waals surface area contributed by atoms with E-state index in [1.54, 1.807) is 16.2 Å². The van der Waals surface area contributed by atoms with Gasteiger partial charge in [0.15, 0.2) is 0 Å². The molecule has 0 bridgehead atoms. The molecular formula is C21H20N2O3S. The molecule has 4 rings (SSSR count). The van der Waals surface area contributed by atoms with Crippen molar-refractivity contribution < 1.29 is 14.3 Å². The summed E-state index contributed by atoms with van der Waals surface area (Å²) in [5.41, 5.74) is 1.48. The minimum atomic E-state index is -0.384. The lowest BCUT2D eigenvalue weighted by atomic mass is 10.1. The Morgan fingerprint density at radius 2 is 2.11 bits per heavy atom. The molecule has 1 N–H and O–H groups in total. The summed E-state index contributed by atoms with van der Waals surface area (Å²) in [5, 5.41) is 6.09. The molecule has 0 spiro atoms. The molecule has 6 heteroatoms. The lowest BCUT2D eigenvalue weighted by molar-refractivity contribution is -0.122. The number of anilines is 2. The largest absolute Gasteiger partial charge is 0.492 e. The quantitative estimate of drug-likeness (QED) is 0.718. The topological polar surface area (TPSA) is 58.6 Å². The molecule has 0 radical (unpaired) electrons. The van der Waals surface area contributed by atoms with Crippen LogP contribution in [0, 0.1) is 5.92 Å². The number of para-hydroxylation sites is 2. The van der Waals surface area contributed by atoms with Gasteiger partial charge in [-0.25, -0.2) is 0 Å². The fourth-order valence-corrected chi connectivity index (χ4v) is 4.13. The molecule has 3 aromatic rings. The first kappa shape index (κ1) is 17.5. The number of carbonyl (C=O) groups excluding carboxylic acids is 2. The molecule has 27 heavy (non-hydrogen) atoms. The van der Waals surface area contributed by atoms with Crippen molar-refractivity contribution in [1.29, 1.82) is 0 Å². The zero-order chi connectivity index (χ0) is 18.8. The van der Waals surface area contributed by atoms with Crippen LogP contribution in [0.25, 0.3) is 10.1 Å². The van der Waals surface area contributed by atoms with E-state index in [1.807, 2.05) is 60.8 Å². The minimum absolute atomic E-state index is 0.0596. The van der Waals surface area contributed by atoms with Crippen molar-refractivity contribution in [3.8, 4) is 5.75 Å². The smallest absolute Gasteiger partial charge is 0.229 e. The number of rotatable bonds is 5. The summed E-state index contributed by atoms with van der Waals surface area (Å²) < 4.78 is 6.81. The van der Waals surface area contributed by atoms with Gasteiger partial charge in [-0.3, -0.25) is 9.59 Å². The number of nitrogens with one attached hydrogen (secondary N) is 1. The van der Waals surface area contributed by atoms with Gasteiger partial charge in [0.25, 0.3) is 0 Å². The van der Waals surface area contributed by atoms with Crippen LogP contribution in [0.1, 0.15) is 13.3 Å². The number of ether oxygens (including phenoxy) is 1. The second kappa shape index (κ2) is 7.40. The lowest BCUT2D eigenvalue weighted by Gasteiger charge is -2.20. The lowest BCUT2D eigenvalue weighted by Crippen LogP contribution is -2.28. The van der Waals surface area contributed by atoms with Gasteiger partial charge in [-0.1, -0.05) is 12.1 Å².